The summed E-state index contributed by atoms with van der Waals surface area (Å²) in [5.41, 5.74) is 6.62. The number of hydrogen-bond donors (Lipinski definition) is 2. The fourth-order valence-corrected chi connectivity index (χ4v) is 5.07. The van der Waals surface area contributed by atoms with Crippen molar-refractivity contribution in [1.82, 2.24) is 10.2 Å². The van der Waals surface area contributed by atoms with Crippen molar-refractivity contribution in [3.63, 3.8) is 0 Å². The second-order valence-corrected chi connectivity index (χ2v) is 8.83. The first kappa shape index (κ1) is 23.2. The molecule has 0 saturated carbocycles. The molecule has 176 valence electrons. The summed E-state index contributed by atoms with van der Waals surface area (Å²) in [6, 6.07) is 5.90. The van der Waals surface area contributed by atoms with Gasteiger partial charge in [-0.05, 0) is 73.9 Å². The molecule has 9 heteroatoms. The molecule has 0 aromatic heterocycles. The van der Waals surface area contributed by atoms with Crippen LogP contribution in [0.2, 0.25) is 0 Å². The Morgan fingerprint density at radius 1 is 0.970 bits per heavy atom. The van der Waals surface area contributed by atoms with E-state index in [4.69, 9.17) is 5.73 Å². The molecule has 2 fully saturated rings. The molecule has 5 nitrogen and oxygen atoms in total. The van der Waals surface area contributed by atoms with Crippen LogP contribution in [0.1, 0.15) is 41.6 Å². The van der Waals surface area contributed by atoms with E-state index in [1.54, 1.807) is 4.90 Å². The number of piperidine rings is 1. The van der Waals surface area contributed by atoms with Crippen LogP contribution in [0.5, 0.6) is 0 Å². The minimum absolute atomic E-state index is 0.00729. The van der Waals surface area contributed by atoms with Gasteiger partial charge >= 0.3 is 0 Å². The van der Waals surface area contributed by atoms with Gasteiger partial charge in [0.05, 0.1) is 6.54 Å². The van der Waals surface area contributed by atoms with Crippen molar-refractivity contribution in [1.29, 1.82) is 0 Å². The van der Waals surface area contributed by atoms with Crippen LogP contribution in [0, 0.1) is 29.2 Å². The van der Waals surface area contributed by atoms with Crippen LogP contribution < -0.4 is 11.1 Å². The van der Waals surface area contributed by atoms with Crippen molar-refractivity contribution >= 4 is 11.8 Å². The quantitative estimate of drug-likeness (QED) is 0.510. The molecule has 3 unspecified atom stereocenters. The topological polar surface area (TPSA) is 75.4 Å². The zero-order valence-electron chi connectivity index (χ0n) is 17.9. The number of hydrogen-bond acceptors (Lipinski definition) is 3. The Morgan fingerprint density at radius 2 is 1.58 bits per heavy atom. The minimum Gasteiger partial charge on any atom is -0.343 e. The van der Waals surface area contributed by atoms with Crippen molar-refractivity contribution in [2.45, 2.75) is 50.2 Å². The van der Waals surface area contributed by atoms with Crippen LogP contribution in [0.4, 0.5) is 17.6 Å². The summed E-state index contributed by atoms with van der Waals surface area (Å²) in [6.45, 7) is -0.167. The molecule has 3 atom stereocenters. The number of amides is 2. The van der Waals surface area contributed by atoms with E-state index in [1.165, 1.54) is 24.3 Å². The number of fused-ring (bicyclic) bond motifs is 2. The standard InChI is InChI=1S/C24H25F4N3O2/c25-16-3-1-13(2-4-16)24(33)30-12-23(32)31-17-5-6-18(31)8-15(7-17)22(29)10-14-9-20(27)21(28)11-19(14)26/h1-4,9,11,15,17-18,22H,5-8,10,12,29H2,(H,30,33). The molecule has 0 aliphatic carbocycles. The monoisotopic (exact) mass is 463 g/mol. The summed E-state index contributed by atoms with van der Waals surface area (Å²) < 4.78 is 53.7. The van der Waals surface area contributed by atoms with Gasteiger partial charge < -0.3 is 16.0 Å². The Balaban J connectivity index is 1.34. The van der Waals surface area contributed by atoms with Crippen LogP contribution in [-0.2, 0) is 11.2 Å². The number of carbonyl (C=O) groups is 2. The zero-order valence-corrected chi connectivity index (χ0v) is 17.9. The summed E-state index contributed by atoms with van der Waals surface area (Å²) in [5, 5.41) is 2.58. The number of rotatable bonds is 6. The predicted molar refractivity (Wildman–Crippen MR) is 113 cm³/mol. The SMILES string of the molecule is NC(Cc1cc(F)c(F)cc1F)C1CC2CCC(C1)N2C(=O)CNC(=O)c1ccc(F)cc1. The third-order valence-corrected chi connectivity index (χ3v) is 6.71. The maximum Gasteiger partial charge on any atom is 0.251 e. The predicted octanol–water partition coefficient (Wildman–Crippen LogP) is 3.31. The van der Waals surface area contributed by atoms with Crippen molar-refractivity contribution in [3.05, 3.63) is 70.8 Å². The van der Waals surface area contributed by atoms with Gasteiger partial charge in [0.15, 0.2) is 11.6 Å². The van der Waals surface area contributed by atoms with Crippen LogP contribution in [-0.4, -0.2) is 41.4 Å². The average molecular weight is 463 g/mol. The molecule has 2 aliphatic heterocycles. The maximum absolute atomic E-state index is 14.0. The summed E-state index contributed by atoms with van der Waals surface area (Å²) in [6.07, 6.45) is 2.95. The van der Waals surface area contributed by atoms with E-state index in [0.29, 0.717) is 18.9 Å². The van der Waals surface area contributed by atoms with Crippen LogP contribution in [0.15, 0.2) is 36.4 Å². The Morgan fingerprint density at radius 3 is 2.21 bits per heavy atom. The van der Waals surface area contributed by atoms with E-state index in [2.05, 4.69) is 5.32 Å². The van der Waals surface area contributed by atoms with Crippen LogP contribution in [0.25, 0.3) is 0 Å². The highest BCUT2D eigenvalue weighted by atomic mass is 19.2. The van der Waals surface area contributed by atoms with Crippen molar-refractivity contribution in [2.24, 2.45) is 11.7 Å². The Bertz CT molecular complexity index is 1030. The largest absolute Gasteiger partial charge is 0.343 e. The third kappa shape index (κ3) is 5.03. The summed E-state index contributed by atoms with van der Waals surface area (Å²) in [4.78, 5) is 26.8. The Hall–Kier alpha value is -2.94. The molecule has 33 heavy (non-hydrogen) atoms. The summed E-state index contributed by atoms with van der Waals surface area (Å²) >= 11 is 0. The lowest BCUT2D eigenvalue weighted by molar-refractivity contribution is -0.135. The molecular formula is C24H25F4N3O2. The fraction of sp³-hybridized carbons (Fsp3) is 0.417. The van der Waals surface area contributed by atoms with E-state index in [9.17, 15) is 27.2 Å². The summed E-state index contributed by atoms with van der Waals surface area (Å²) in [7, 11) is 0. The molecular weight excluding hydrogens is 438 g/mol. The molecule has 2 heterocycles. The van der Waals surface area contributed by atoms with Crippen molar-refractivity contribution in [3.8, 4) is 0 Å². The molecule has 2 amide bonds. The number of halogens is 4. The van der Waals surface area contributed by atoms with Gasteiger partial charge in [-0.2, -0.15) is 0 Å². The van der Waals surface area contributed by atoms with Crippen LogP contribution >= 0.6 is 0 Å². The lowest BCUT2D eigenvalue weighted by Crippen LogP contribution is -2.52. The van der Waals surface area contributed by atoms with Gasteiger partial charge in [0, 0.05) is 29.8 Å². The van der Waals surface area contributed by atoms with Gasteiger partial charge in [0.2, 0.25) is 5.91 Å². The molecule has 0 spiro atoms. The molecule has 2 bridgehead atoms. The number of carbonyl (C=O) groups excluding carboxylic acids is 2. The molecule has 0 radical (unpaired) electrons. The first-order valence-corrected chi connectivity index (χ1v) is 11.0. The first-order chi connectivity index (χ1) is 15.7. The Labute approximate surface area is 188 Å². The number of nitrogens with one attached hydrogen (secondary N) is 1. The van der Waals surface area contributed by atoms with E-state index >= 15 is 0 Å². The van der Waals surface area contributed by atoms with Gasteiger partial charge in [-0.15, -0.1) is 0 Å². The van der Waals surface area contributed by atoms with E-state index in [-0.39, 0.29) is 48.0 Å². The highest BCUT2D eigenvalue weighted by Gasteiger charge is 2.44. The second kappa shape index (κ2) is 9.51. The van der Waals surface area contributed by atoms with Gasteiger partial charge in [0.25, 0.3) is 5.91 Å². The first-order valence-electron chi connectivity index (χ1n) is 11.0. The molecule has 3 N–H and O–H groups in total. The molecule has 2 aromatic carbocycles. The van der Waals surface area contributed by atoms with Gasteiger partial charge in [-0.1, -0.05) is 0 Å². The van der Waals surface area contributed by atoms with Crippen LogP contribution in [0.3, 0.4) is 0 Å². The zero-order chi connectivity index (χ0) is 23.7. The second-order valence-electron chi connectivity index (χ2n) is 8.83. The molecule has 2 aromatic rings. The lowest BCUT2D eigenvalue weighted by Gasteiger charge is -2.41. The number of benzene rings is 2. The van der Waals surface area contributed by atoms with Gasteiger partial charge in [-0.25, -0.2) is 17.6 Å². The highest BCUT2D eigenvalue weighted by molar-refractivity contribution is 5.96. The lowest BCUT2D eigenvalue weighted by atomic mass is 9.82. The van der Waals surface area contributed by atoms with Crippen molar-refractivity contribution < 1.29 is 27.2 Å². The number of nitrogens with two attached hydrogens (primary N) is 1. The summed E-state index contributed by atoms with van der Waals surface area (Å²) in [5.74, 6) is -4.27. The van der Waals surface area contributed by atoms with E-state index < -0.39 is 35.2 Å². The minimum atomic E-state index is -1.23. The molecule has 4 rings (SSSR count). The van der Waals surface area contributed by atoms with E-state index in [0.717, 1.165) is 18.9 Å². The van der Waals surface area contributed by atoms with Gasteiger partial charge in [-0.3, -0.25) is 9.59 Å². The Kier molecular flexibility index (Phi) is 6.69. The molecule has 2 saturated heterocycles. The van der Waals surface area contributed by atoms with Gasteiger partial charge in [0.1, 0.15) is 11.6 Å². The maximum atomic E-state index is 14.0. The average Bonchev–Trinajstić information content (AvgIpc) is 3.05. The smallest absolute Gasteiger partial charge is 0.251 e. The van der Waals surface area contributed by atoms with Crippen molar-refractivity contribution in [2.75, 3.05) is 6.54 Å². The fourth-order valence-electron chi connectivity index (χ4n) is 5.07. The number of nitrogens with zero attached hydrogens (tertiary/aromatic N) is 1. The third-order valence-electron chi connectivity index (χ3n) is 6.71. The normalized spacial score (nSPS) is 22.8. The molecule has 2 aliphatic rings. The highest BCUT2D eigenvalue weighted by Crippen LogP contribution is 2.40. The van der Waals surface area contributed by atoms with E-state index in [1.807, 2.05) is 0 Å².